The first-order valence-corrected chi connectivity index (χ1v) is 12.0. The van der Waals surface area contributed by atoms with E-state index in [0.717, 1.165) is 64.4 Å². The molecule has 2 aliphatic heterocycles. The van der Waals surface area contributed by atoms with Crippen LogP contribution in [0.2, 0.25) is 0 Å². The first-order chi connectivity index (χ1) is 15.4. The van der Waals surface area contributed by atoms with E-state index in [1.807, 2.05) is 17.0 Å². The highest BCUT2D eigenvalue weighted by molar-refractivity contribution is 5.79. The summed E-state index contributed by atoms with van der Waals surface area (Å²) in [5.74, 6) is 1.77. The van der Waals surface area contributed by atoms with Crippen molar-refractivity contribution in [1.29, 1.82) is 0 Å². The van der Waals surface area contributed by atoms with Crippen LogP contribution in [-0.2, 0) is 16.1 Å². The monoisotopic (exact) mass is 444 g/mol. The summed E-state index contributed by atoms with van der Waals surface area (Å²) in [5, 5.41) is 3.14. The van der Waals surface area contributed by atoms with E-state index < -0.39 is 0 Å². The zero-order chi connectivity index (χ0) is 23.1. The number of ether oxygens (including phenoxy) is 1. The number of nitrogens with one attached hydrogen (secondary N) is 1. The average Bonchev–Trinajstić information content (AvgIpc) is 2.80. The third kappa shape index (κ3) is 6.94. The lowest BCUT2D eigenvalue weighted by Gasteiger charge is -2.37. The van der Waals surface area contributed by atoms with Crippen molar-refractivity contribution in [1.82, 2.24) is 20.0 Å². The minimum absolute atomic E-state index is 0.0732. The molecule has 3 rings (SSSR count). The number of piperidine rings is 1. The van der Waals surface area contributed by atoms with Crippen LogP contribution >= 0.6 is 0 Å². The van der Waals surface area contributed by atoms with E-state index in [-0.39, 0.29) is 23.8 Å². The largest absolute Gasteiger partial charge is 0.497 e. The van der Waals surface area contributed by atoms with Crippen molar-refractivity contribution in [2.75, 3.05) is 52.9 Å². The highest BCUT2D eigenvalue weighted by atomic mass is 16.5. The van der Waals surface area contributed by atoms with Crippen molar-refractivity contribution < 1.29 is 14.3 Å². The van der Waals surface area contributed by atoms with Gasteiger partial charge in [-0.2, -0.15) is 0 Å². The van der Waals surface area contributed by atoms with Gasteiger partial charge in [-0.3, -0.25) is 19.4 Å². The van der Waals surface area contributed by atoms with Crippen LogP contribution in [0.3, 0.4) is 0 Å². The minimum atomic E-state index is 0.0732. The summed E-state index contributed by atoms with van der Waals surface area (Å²) in [4.78, 5) is 31.9. The number of piperazine rings is 1. The van der Waals surface area contributed by atoms with Crippen molar-refractivity contribution in [3.8, 4) is 5.75 Å². The number of hydrogen-bond acceptors (Lipinski definition) is 5. The predicted octanol–water partition coefficient (Wildman–Crippen LogP) is 2.21. The van der Waals surface area contributed by atoms with Gasteiger partial charge in [0.2, 0.25) is 11.8 Å². The molecule has 0 saturated carbocycles. The molecule has 32 heavy (non-hydrogen) atoms. The molecule has 0 aromatic heterocycles. The third-order valence-electron chi connectivity index (χ3n) is 6.98. The summed E-state index contributed by atoms with van der Waals surface area (Å²) in [7, 11) is 1.68. The number of hydrogen-bond donors (Lipinski definition) is 1. The van der Waals surface area contributed by atoms with Crippen LogP contribution in [0, 0.1) is 11.8 Å². The second-order valence-corrected chi connectivity index (χ2v) is 9.60. The number of likely N-dealkylation sites (tertiary alicyclic amines) is 1. The first-order valence-electron chi connectivity index (χ1n) is 12.0. The molecule has 0 radical (unpaired) electrons. The van der Waals surface area contributed by atoms with Gasteiger partial charge in [-0.1, -0.05) is 26.0 Å². The fourth-order valence-electron chi connectivity index (χ4n) is 4.30. The standard InChI is InChI=1S/C25H40N4O3/c1-19(2)20(3)26-25(31)22-9-11-27(12-10-22)18-24(30)29-15-13-28(14-16-29)17-21-5-7-23(32-4)8-6-21/h5-8,19-20,22H,9-18H2,1-4H3,(H,26,31). The Labute approximate surface area is 193 Å². The summed E-state index contributed by atoms with van der Waals surface area (Å²) < 4.78 is 5.22. The molecule has 1 N–H and O–H groups in total. The fraction of sp³-hybridized carbons (Fsp3) is 0.680. The molecule has 0 spiro atoms. The molecular weight excluding hydrogens is 404 g/mol. The van der Waals surface area contributed by atoms with E-state index >= 15 is 0 Å². The fourth-order valence-corrected chi connectivity index (χ4v) is 4.30. The predicted molar refractivity (Wildman–Crippen MR) is 126 cm³/mol. The Balaban J connectivity index is 1.36. The molecule has 178 valence electrons. The van der Waals surface area contributed by atoms with Crippen LogP contribution < -0.4 is 10.1 Å². The first kappa shape index (κ1) is 24.5. The van der Waals surface area contributed by atoms with E-state index in [4.69, 9.17) is 4.74 Å². The van der Waals surface area contributed by atoms with E-state index in [2.05, 4.69) is 48.0 Å². The lowest BCUT2D eigenvalue weighted by molar-refractivity contribution is -0.134. The maximum absolute atomic E-state index is 12.8. The number of rotatable bonds is 8. The zero-order valence-corrected chi connectivity index (χ0v) is 20.2. The second-order valence-electron chi connectivity index (χ2n) is 9.60. The summed E-state index contributed by atoms with van der Waals surface area (Å²) in [6.45, 7) is 12.7. The van der Waals surface area contributed by atoms with Crippen molar-refractivity contribution in [3.05, 3.63) is 29.8 Å². The second kappa shape index (κ2) is 11.7. The third-order valence-corrected chi connectivity index (χ3v) is 6.98. The Morgan fingerprint density at radius 1 is 0.969 bits per heavy atom. The van der Waals surface area contributed by atoms with Crippen molar-refractivity contribution in [3.63, 3.8) is 0 Å². The van der Waals surface area contributed by atoms with Gasteiger partial charge >= 0.3 is 0 Å². The molecule has 2 aliphatic rings. The van der Waals surface area contributed by atoms with Crippen LogP contribution in [-0.4, -0.2) is 85.5 Å². The molecule has 1 aromatic carbocycles. The van der Waals surface area contributed by atoms with Crippen LogP contribution in [0.1, 0.15) is 39.2 Å². The van der Waals surface area contributed by atoms with Gasteiger partial charge in [0.25, 0.3) is 0 Å². The molecule has 7 heteroatoms. The normalized spacial score (nSPS) is 19.7. The van der Waals surface area contributed by atoms with Gasteiger partial charge in [-0.25, -0.2) is 0 Å². The number of benzene rings is 1. The molecule has 0 bridgehead atoms. The lowest BCUT2D eigenvalue weighted by atomic mass is 9.95. The van der Waals surface area contributed by atoms with Gasteiger partial charge in [-0.05, 0) is 56.5 Å². The molecule has 2 heterocycles. The Bertz CT molecular complexity index is 736. The Morgan fingerprint density at radius 3 is 2.16 bits per heavy atom. The van der Waals surface area contributed by atoms with Gasteiger partial charge < -0.3 is 15.0 Å². The zero-order valence-electron chi connectivity index (χ0n) is 20.2. The number of nitrogens with zero attached hydrogens (tertiary/aromatic N) is 3. The van der Waals surface area contributed by atoms with Gasteiger partial charge in [0, 0.05) is 44.7 Å². The number of amides is 2. The molecule has 2 fully saturated rings. The molecule has 1 aromatic rings. The minimum Gasteiger partial charge on any atom is -0.497 e. The Morgan fingerprint density at radius 2 is 1.59 bits per heavy atom. The average molecular weight is 445 g/mol. The topological polar surface area (TPSA) is 65.1 Å². The number of methoxy groups -OCH3 is 1. The molecule has 0 aliphatic carbocycles. The molecule has 2 amide bonds. The highest BCUT2D eigenvalue weighted by Crippen LogP contribution is 2.19. The SMILES string of the molecule is COc1ccc(CN2CCN(C(=O)CN3CCC(C(=O)NC(C)C(C)C)CC3)CC2)cc1. The summed E-state index contributed by atoms with van der Waals surface area (Å²) in [5.41, 5.74) is 1.26. The summed E-state index contributed by atoms with van der Waals surface area (Å²) in [6, 6.07) is 8.39. The highest BCUT2D eigenvalue weighted by Gasteiger charge is 2.28. The Hall–Kier alpha value is -2.12. The maximum atomic E-state index is 12.8. The van der Waals surface area contributed by atoms with Gasteiger partial charge in [0.15, 0.2) is 0 Å². The van der Waals surface area contributed by atoms with E-state index in [1.165, 1.54) is 5.56 Å². The van der Waals surface area contributed by atoms with Crippen molar-refractivity contribution in [2.24, 2.45) is 11.8 Å². The van der Waals surface area contributed by atoms with E-state index in [1.54, 1.807) is 7.11 Å². The van der Waals surface area contributed by atoms with Crippen molar-refractivity contribution >= 4 is 11.8 Å². The number of carbonyl (C=O) groups is 2. The molecular formula is C25H40N4O3. The summed E-state index contributed by atoms with van der Waals surface area (Å²) in [6.07, 6.45) is 1.67. The van der Waals surface area contributed by atoms with Crippen LogP contribution in [0.25, 0.3) is 0 Å². The molecule has 1 unspecified atom stereocenters. The molecule has 2 saturated heterocycles. The molecule has 1 atom stereocenters. The number of carbonyl (C=O) groups excluding carboxylic acids is 2. The summed E-state index contributed by atoms with van der Waals surface area (Å²) >= 11 is 0. The molecule has 7 nitrogen and oxygen atoms in total. The smallest absolute Gasteiger partial charge is 0.236 e. The quantitative estimate of drug-likeness (QED) is 0.666. The van der Waals surface area contributed by atoms with Crippen molar-refractivity contribution in [2.45, 2.75) is 46.2 Å². The van der Waals surface area contributed by atoms with Gasteiger partial charge in [0.1, 0.15) is 5.75 Å². The van der Waals surface area contributed by atoms with Crippen LogP contribution in [0.15, 0.2) is 24.3 Å². The van der Waals surface area contributed by atoms with Gasteiger partial charge in [0.05, 0.1) is 13.7 Å². The van der Waals surface area contributed by atoms with E-state index in [9.17, 15) is 9.59 Å². The lowest BCUT2D eigenvalue weighted by Crippen LogP contribution is -2.52. The van der Waals surface area contributed by atoms with Gasteiger partial charge in [-0.15, -0.1) is 0 Å². The maximum Gasteiger partial charge on any atom is 0.236 e. The van der Waals surface area contributed by atoms with Crippen LogP contribution in [0.5, 0.6) is 5.75 Å². The Kier molecular flexibility index (Phi) is 8.93. The van der Waals surface area contributed by atoms with E-state index in [0.29, 0.717) is 12.5 Å². The van der Waals surface area contributed by atoms with Crippen LogP contribution in [0.4, 0.5) is 0 Å².